The number of benzene rings is 1. The van der Waals surface area contributed by atoms with Crippen LogP contribution in [0.25, 0.3) is 21.9 Å². The van der Waals surface area contributed by atoms with Crippen LogP contribution in [0.5, 0.6) is 0 Å². The number of halogens is 4. The van der Waals surface area contributed by atoms with Gasteiger partial charge in [-0.05, 0) is 40.9 Å². The number of amides is 1. The van der Waals surface area contributed by atoms with Crippen LogP contribution in [0, 0.1) is 5.82 Å². The first-order valence-electron chi connectivity index (χ1n) is 8.33. The van der Waals surface area contributed by atoms with Gasteiger partial charge < -0.3 is 9.47 Å². The number of fused-ring (bicyclic) bond motifs is 3. The van der Waals surface area contributed by atoms with E-state index in [4.69, 9.17) is 23.2 Å². The van der Waals surface area contributed by atoms with E-state index in [1.54, 1.807) is 17.3 Å². The highest BCUT2D eigenvalue weighted by Gasteiger charge is 2.26. The van der Waals surface area contributed by atoms with Gasteiger partial charge in [-0.25, -0.2) is 14.4 Å². The van der Waals surface area contributed by atoms with Crippen LogP contribution in [0.15, 0.2) is 29.5 Å². The van der Waals surface area contributed by atoms with E-state index in [2.05, 4.69) is 32.5 Å². The van der Waals surface area contributed by atoms with Crippen molar-refractivity contribution < 1.29 is 9.18 Å². The standard InChI is InChI=1S/C18H14BrCl2FN4O/c1-2-12(27)25-5-3-9(4-6-25)26-8-23-16-17(26)10-7-11(20)13(19)14(22)15(10)24-18(16)21/h2,7-9H,1,3-6H2. The highest BCUT2D eigenvalue weighted by molar-refractivity contribution is 9.10. The fourth-order valence-corrected chi connectivity index (χ4v) is 4.29. The minimum atomic E-state index is -0.555. The molecule has 1 fully saturated rings. The quantitative estimate of drug-likeness (QED) is 0.295. The number of piperidine rings is 1. The summed E-state index contributed by atoms with van der Waals surface area (Å²) in [4.78, 5) is 22.1. The SMILES string of the molecule is C=CC(=O)N1CCC(n2cnc3c(Cl)nc4c(F)c(Br)c(Cl)cc4c32)CC1. The van der Waals surface area contributed by atoms with Crippen LogP contribution in [0.1, 0.15) is 18.9 Å². The molecule has 0 atom stereocenters. The lowest BCUT2D eigenvalue weighted by molar-refractivity contribution is -0.127. The molecule has 27 heavy (non-hydrogen) atoms. The van der Waals surface area contributed by atoms with E-state index in [-0.39, 0.29) is 32.1 Å². The summed E-state index contributed by atoms with van der Waals surface area (Å²) in [6.07, 6.45) is 4.52. The van der Waals surface area contributed by atoms with Gasteiger partial charge in [0, 0.05) is 24.5 Å². The van der Waals surface area contributed by atoms with Crippen molar-refractivity contribution in [2.45, 2.75) is 18.9 Å². The van der Waals surface area contributed by atoms with Gasteiger partial charge in [0.25, 0.3) is 0 Å². The van der Waals surface area contributed by atoms with Crippen molar-refractivity contribution in [3.8, 4) is 0 Å². The fourth-order valence-electron chi connectivity index (χ4n) is 3.58. The summed E-state index contributed by atoms with van der Waals surface area (Å²) < 4.78 is 16.8. The summed E-state index contributed by atoms with van der Waals surface area (Å²) in [6, 6.07) is 1.78. The maximum absolute atomic E-state index is 14.7. The molecule has 4 rings (SSSR count). The minimum Gasteiger partial charge on any atom is -0.339 e. The Morgan fingerprint density at radius 2 is 2.04 bits per heavy atom. The number of carbonyl (C=O) groups excluding carboxylic acids is 1. The second-order valence-corrected chi connectivity index (χ2v) is 7.95. The third-order valence-electron chi connectivity index (χ3n) is 4.93. The summed E-state index contributed by atoms with van der Waals surface area (Å²) >= 11 is 15.6. The zero-order valence-electron chi connectivity index (χ0n) is 14.1. The molecule has 1 amide bonds. The van der Waals surface area contributed by atoms with E-state index in [0.29, 0.717) is 29.5 Å². The monoisotopic (exact) mass is 470 g/mol. The summed E-state index contributed by atoms with van der Waals surface area (Å²) in [5.41, 5.74) is 1.35. The van der Waals surface area contributed by atoms with Crippen LogP contribution in [0.2, 0.25) is 10.2 Å². The van der Waals surface area contributed by atoms with Crippen molar-refractivity contribution in [1.82, 2.24) is 19.4 Å². The summed E-state index contributed by atoms with van der Waals surface area (Å²) in [6.45, 7) is 4.77. The molecule has 0 N–H and O–H groups in total. The maximum Gasteiger partial charge on any atom is 0.245 e. The van der Waals surface area contributed by atoms with E-state index < -0.39 is 5.82 Å². The molecule has 1 aromatic carbocycles. The van der Waals surface area contributed by atoms with Crippen LogP contribution in [0.3, 0.4) is 0 Å². The molecule has 5 nitrogen and oxygen atoms in total. The number of hydrogen-bond donors (Lipinski definition) is 0. The lowest BCUT2D eigenvalue weighted by Gasteiger charge is -2.32. The van der Waals surface area contributed by atoms with Gasteiger partial charge in [-0.15, -0.1) is 0 Å². The van der Waals surface area contributed by atoms with Gasteiger partial charge in [0.2, 0.25) is 5.91 Å². The van der Waals surface area contributed by atoms with Gasteiger partial charge in [-0.3, -0.25) is 4.79 Å². The Morgan fingerprint density at radius 1 is 1.33 bits per heavy atom. The molecule has 0 radical (unpaired) electrons. The molecule has 2 aromatic heterocycles. The molecule has 3 aromatic rings. The molecule has 140 valence electrons. The van der Waals surface area contributed by atoms with Gasteiger partial charge in [0.05, 0.1) is 21.3 Å². The van der Waals surface area contributed by atoms with Gasteiger partial charge in [-0.1, -0.05) is 29.8 Å². The Bertz CT molecular complexity index is 1090. The lowest BCUT2D eigenvalue weighted by atomic mass is 10.0. The molecule has 3 heterocycles. The lowest BCUT2D eigenvalue weighted by Crippen LogP contribution is -2.38. The Kier molecular flexibility index (Phi) is 4.86. The highest BCUT2D eigenvalue weighted by Crippen LogP contribution is 2.38. The van der Waals surface area contributed by atoms with Crippen LogP contribution < -0.4 is 0 Å². The molecule has 9 heteroatoms. The summed E-state index contributed by atoms with van der Waals surface area (Å²) in [5, 5.41) is 0.954. The van der Waals surface area contributed by atoms with Crippen molar-refractivity contribution in [2.75, 3.05) is 13.1 Å². The van der Waals surface area contributed by atoms with Gasteiger partial charge in [-0.2, -0.15) is 0 Å². The number of imidazole rings is 1. The second kappa shape index (κ2) is 7.04. The summed E-state index contributed by atoms with van der Waals surface area (Å²) in [7, 11) is 0. The zero-order valence-corrected chi connectivity index (χ0v) is 17.2. The fraction of sp³-hybridized carbons (Fsp3) is 0.278. The van der Waals surface area contributed by atoms with Gasteiger partial charge in [0.15, 0.2) is 11.0 Å². The zero-order chi connectivity index (χ0) is 19.3. The van der Waals surface area contributed by atoms with Gasteiger partial charge in [0.1, 0.15) is 11.0 Å². The number of likely N-dealkylation sites (tertiary alicyclic amines) is 1. The maximum atomic E-state index is 14.7. The molecule has 0 aliphatic carbocycles. The highest BCUT2D eigenvalue weighted by atomic mass is 79.9. The number of rotatable bonds is 2. The Morgan fingerprint density at radius 3 is 2.70 bits per heavy atom. The molecule has 0 bridgehead atoms. The van der Waals surface area contributed by atoms with E-state index >= 15 is 0 Å². The number of carbonyl (C=O) groups is 1. The largest absolute Gasteiger partial charge is 0.339 e. The van der Waals surface area contributed by atoms with Crippen LogP contribution >= 0.6 is 39.1 Å². The average molecular weight is 472 g/mol. The first-order chi connectivity index (χ1) is 12.9. The topological polar surface area (TPSA) is 51.0 Å². The molecule has 1 aliphatic rings. The third-order valence-corrected chi connectivity index (χ3v) is 6.50. The molecule has 1 saturated heterocycles. The summed E-state index contributed by atoms with van der Waals surface area (Å²) in [5.74, 6) is -0.624. The van der Waals surface area contributed by atoms with E-state index in [9.17, 15) is 9.18 Å². The Balaban J connectivity index is 1.84. The first kappa shape index (κ1) is 18.7. The third kappa shape index (κ3) is 3.02. The number of nitrogens with zero attached hydrogens (tertiary/aromatic N) is 4. The first-order valence-corrected chi connectivity index (χ1v) is 9.87. The van der Waals surface area contributed by atoms with Gasteiger partial charge >= 0.3 is 0 Å². The van der Waals surface area contributed by atoms with Crippen molar-refractivity contribution in [1.29, 1.82) is 0 Å². The predicted octanol–water partition coefficient (Wildman–Crippen LogP) is 5.14. The van der Waals surface area contributed by atoms with Crippen molar-refractivity contribution >= 4 is 67.0 Å². The molecule has 1 aliphatic heterocycles. The van der Waals surface area contributed by atoms with E-state index in [0.717, 1.165) is 12.8 Å². The second-order valence-electron chi connectivity index (χ2n) is 6.39. The number of hydrogen-bond acceptors (Lipinski definition) is 3. The van der Waals surface area contributed by atoms with Crippen molar-refractivity contribution in [2.24, 2.45) is 0 Å². The van der Waals surface area contributed by atoms with Crippen molar-refractivity contribution in [3.05, 3.63) is 45.5 Å². The molecule has 0 unspecified atom stereocenters. The van der Waals surface area contributed by atoms with E-state index in [1.165, 1.54) is 6.08 Å². The molecular weight excluding hydrogens is 458 g/mol. The Labute approximate surface area is 172 Å². The van der Waals surface area contributed by atoms with Crippen LogP contribution in [-0.4, -0.2) is 38.4 Å². The van der Waals surface area contributed by atoms with Crippen LogP contribution in [-0.2, 0) is 4.79 Å². The normalized spacial score (nSPS) is 15.6. The molecule has 0 saturated carbocycles. The number of pyridine rings is 1. The smallest absolute Gasteiger partial charge is 0.245 e. The van der Waals surface area contributed by atoms with Crippen molar-refractivity contribution in [3.63, 3.8) is 0 Å². The van der Waals surface area contributed by atoms with Crippen LogP contribution in [0.4, 0.5) is 4.39 Å². The van der Waals surface area contributed by atoms with E-state index in [1.807, 2.05) is 4.57 Å². The number of aromatic nitrogens is 3. The predicted molar refractivity (Wildman–Crippen MR) is 108 cm³/mol. The minimum absolute atomic E-state index is 0.0691. The Hall–Kier alpha value is -1.70. The average Bonchev–Trinajstić information content (AvgIpc) is 3.13. The molecular formula is C18H14BrCl2FN4O. The molecule has 0 spiro atoms.